The van der Waals surface area contributed by atoms with Gasteiger partial charge in [0.15, 0.2) is 34.8 Å². The van der Waals surface area contributed by atoms with Gasteiger partial charge in [-0.15, -0.1) is 0 Å². The Morgan fingerprint density at radius 3 is 2.28 bits per heavy atom. The average Bonchev–Trinajstić information content (AvgIpc) is 3.78. The first kappa shape index (κ1) is 56.1. The topological polar surface area (TPSA) is 231 Å². The minimum Gasteiger partial charge on any atom is -0.493 e. The molecule has 4 aromatic rings. The van der Waals surface area contributed by atoms with Gasteiger partial charge in [0.05, 0.1) is 48.0 Å². The van der Waals surface area contributed by atoms with Gasteiger partial charge in [-0.05, 0) is 118 Å². The molecule has 0 saturated carbocycles. The van der Waals surface area contributed by atoms with Crippen LogP contribution in [0.25, 0.3) is 0 Å². The summed E-state index contributed by atoms with van der Waals surface area (Å²) in [6.45, 7) is 2.84. The number of nitrogens with zero attached hydrogens (tertiary/aromatic N) is 2. The van der Waals surface area contributed by atoms with E-state index in [-0.39, 0.29) is 74.3 Å². The predicted molar refractivity (Wildman–Crippen MR) is 282 cm³/mol. The summed E-state index contributed by atoms with van der Waals surface area (Å²) in [4.78, 5) is 93.0. The number of aryl methyl sites for hydroxylation is 1. The molecule has 19 nitrogen and oxygen atoms in total. The van der Waals surface area contributed by atoms with E-state index in [9.17, 15) is 33.6 Å². The zero-order chi connectivity index (χ0) is 54.3. The number of likely N-dealkylation sites (tertiary alicyclic amines) is 1. The second-order valence-corrected chi connectivity index (χ2v) is 18.9. The zero-order valence-corrected chi connectivity index (χ0v) is 44.2. The number of fused-ring (bicyclic) bond motifs is 1. The van der Waals surface area contributed by atoms with E-state index in [1.165, 1.54) is 26.2 Å². The van der Waals surface area contributed by atoms with Gasteiger partial charge in [0.2, 0.25) is 35.5 Å². The third-order valence-corrected chi connectivity index (χ3v) is 14.1. The van der Waals surface area contributed by atoms with Gasteiger partial charge in [-0.3, -0.25) is 34.1 Å². The number of hydrogen-bond donors (Lipinski definition) is 3. The second kappa shape index (κ2) is 26.7. The third kappa shape index (κ3) is 13.6. The molecule has 76 heavy (non-hydrogen) atoms. The maximum Gasteiger partial charge on any atom is 0.506 e. The van der Waals surface area contributed by atoms with Crippen LogP contribution in [0, 0.1) is 0 Å². The largest absolute Gasteiger partial charge is 0.506 e. The predicted octanol–water partition coefficient (Wildman–Crippen LogP) is 6.60. The highest BCUT2D eigenvalue weighted by Gasteiger charge is 2.43. The van der Waals surface area contributed by atoms with E-state index in [4.69, 9.17) is 33.2 Å². The van der Waals surface area contributed by atoms with Gasteiger partial charge < -0.3 is 58.4 Å². The molecular weight excluding hydrogens is 979 g/mol. The van der Waals surface area contributed by atoms with Crippen LogP contribution in [0.3, 0.4) is 0 Å². The van der Waals surface area contributed by atoms with Crippen molar-refractivity contribution in [2.45, 2.75) is 108 Å². The highest BCUT2D eigenvalue weighted by molar-refractivity contribution is 6.07. The quantitative estimate of drug-likeness (QED) is 0.0260. The van der Waals surface area contributed by atoms with Crippen molar-refractivity contribution in [3.05, 3.63) is 101 Å². The Labute approximate surface area is 443 Å². The van der Waals surface area contributed by atoms with E-state index >= 15 is 0 Å². The summed E-state index contributed by atoms with van der Waals surface area (Å²) in [5.41, 5.74) is 3.88. The van der Waals surface area contributed by atoms with Gasteiger partial charge in [0.25, 0.3) is 5.91 Å². The Morgan fingerprint density at radius 1 is 0.816 bits per heavy atom. The summed E-state index contributed by atoms with van der Waals surface area (Å²) in [7, 11) is 7.74. The van der Waals surface area contributed by atoms with Crippen LogP contribution in [0.5, 0.6) is 34.5 Å². The van der Waals surface area contributed by atoms with Gasteiger partial charge >= 0.3 is 5.97 Å². The van der Waals surface area contributed by atoms with Gasteiger partial charge in [-0.1, -0.05) is 31.2 Å². The number of anilines is 1. The third-order valence-electron chi connectivity index (χ3n) is 14.1. The molecule has 7 rings (SSSR count). The van der Waals surface area contributed by atoms with Crippen molar-refractivity contribution in [3.8, 4) is 34.5 Å². The zero-order valence-electron chi connectivity index (χ0n) is 44.2. The molecule has 0 aliphatic carbocycles. The van der Waals surface area contributed by atoms with Crippen LogP contribution in [0.4, 0.5) is 5.69 Å². The van der Waals surface area contributed by atoms with E-state index in [1.54, 1.807) is 67.7 Å². The minimum absolute atomic E-state index is 0.0503. The number of carbonyl (C=O) groups is 6. The Kier molecular flexibility index (Phi) is 19.7. The van der Waals surface area contributed by atoms with Crippen LogP contribution in [0.1, 0.15) is 116 Å². The number of methoxy groups -OCH3 is 5. The first-order chi connectivity index (χ1) is 36.8. The Balaban J connectivity index is 0.934. The molecule has 2 fully saturated rings. The number of rotatable bonds is 26. The first-order valence-electron chi connectivity index (χ1n) is 25.9. The minimum atomic E-state index is -0.755. The monoisotopic (exact) mass is 1050 g/mol. The van der Waals surface area contributed by atoms with Crippen LogP contribution in [0.15, 0.2) is 72.8 Å². The van der Waals surface area contributed by atoms with Crippen molar-refractivity contribution in [2.75, 3.05) is 67.1 Å². The van der Waals surface area contributed by atoms with Gasteiger partial charge in [-0.25, -0.2) is 0 Å². The first-order valence-corrected chi connectivity index (χ1v) is 25.9. The van der Waals surface area contributed by atoms with Crippen LogP contribution in [0.2, 0.25) is 0 Å². The smallest absolute Gasteiger partial charge is 0.493 e. The van der Waals surface area contributed by atoms with Crippen molar-refractivity contribution < 1.29 is 66.7 Å². The fraction of sp³-hybridized carbons (Fsp3) is 0.456. The number of hydrogen-bond acceptors (Lipinski definition) is 14. The number of esters is 1. The molecular formula is C57H70N5O14+. The molecule has 4 N–H and O–H groups in total. The maximum atomic E-state index is 14.6. The molecule has 0 spiro atoms. The molecule has 4 atom stereocenters. The lowest BCUT2D eigenvalue weighted by atomic mass is 9.91. The molecule has 5 amide bonds. The molecule has 3 heterocycles. The Hall–Kier alpha value is -7.67. The summed E-state index contributed by atoms with van der Waals surface area (Å²) in [6.07, 6.45) is 4.52. The van der Waals surface area contributed by atoms with Gasteiger partial charge in [-0.2, -0.15) is 0 Å². The van der Waals surface area contributed by atoms with Gasteiger partial charge in [0.1, 0.15) is 18.4 Å². The lowest BCUT2D eigenvalue weighted by Gasteiger charge is -2.34. The molecule has 0 bridgehead atoms. The molecule has 0 radical (unpaired) electrons. The van der Waals surface area contributed by atoms with Crippen molar-refractivity contribution >= 4 is 47.0 Å². The maximum absolute atomic E-state index is 14.6. The standard InChI is InChI=1S/C57H69N5O14/c1-7-40(37-30-49(72-4)53(74-6)50(31-37)73-5)55(67)61-27-11-9-18-45(61)57(69)76-46(23-20-35-21-24-47(70-2)48(28-35)71-3)36-14-12-15-39(29-36)75-34-38(63)32-58-26-10-8-19-51(64)59-43-17-13-16-41-42(43)33-62(56(41)68)44-22-25-52(65)60-54(44)66/h12-17,21,24,28-31,40,44-46,58H,7-11,18-20,22-23,25-27,32-34H2,1-6H3,(H,59,64)(H,60,65,66)/p+1/t40-,44?,45-,46?/m0/s1. The fourth-order valence-electron chi connectivity index (χ4n) is 10.1. The normalized spacial score (nSPS) is 16.9. The Morgan fingerprint density at radius 2 is 1.57 bits per heavy atom. The number of unbranched alkanes of at least 4 members (excludes halogenated alkanes) is 1. The van der Waals surface area contributed by atoms with E-state index in [0.29, 0.717) is 114 Å². The number of Topliss-reactive ketones (excluding diaryl/α,β-unsaturated/α-hetero) is 1. The van der Waals surface area contributed by atoms with Crippen molar-refractivity contribution in [3.63, 3.8) is 0 Å². The highest BCUT2D eigenvalue weighted by Crippen LogP contribution is 2.42. The fourth-order valence-corrected chi connectivity index (χ4v) is 10.1. The number of amides is 5. The van der Waals surface area contributed by atoms with E-state index in [1.807, 2.05) is 31.2 Å². The van der Waals surface area contributed by atoms with Crippen molar-refractivity contribution in [2.24, 2.45) is 0 Å². The number of piperidine rings is 2. The highest BCUT2D eigenvalue weighted by atomic mass is 16.5. The summed E-state index contributed by atoms with van der Waals surface area (Å²) >= 11 is 0. The number of carbonyl (C=O) groups excluding carboxylic acids is 7. The number of ether oxygens (including phenoxy) is 7. The molecule has 2 unspecified atom stereocenters. The summed E-state index contributed by atoms with van der Waals surface area (Å²) in [5, 5.41) is 8.34. The summed E-state index contributed by atoms with van der Waals surface area (Å²) < 4.78 is 40.3. The second-order valence-electron chi connectivity index (χ2n) is 18.9. The number of ketones is 1. The van der Waals surface area contributed by atoms with E-state index in [2.05, 4.69) is 16.0 Å². The van der Waals surface area contributed by atoms with Crippen LogP contribution < -0.4 is 44.4 Å². The van der Waals surface area contributed by atoms with E-state index < -0.39 is 30.0 Å². The lowest BCUT2D eigenvalue weighted by Crippen LogP contribution is -2.52. The van der Waals surface area contributed by atoms with Crippen LogP contribution >= 0.6 is 0 Å². The van der Waals surface area contributed by atoms with E-state index in [0.717, 1.165) is 18.4 Å². The lowest BCUT2D eigenvalue weighted by molar-refractivity contribution is -0.137. The molecule has 4 aromatic carbocycles. The molecule has 2 saturated heterocycles. The number of benzene rings is 4. The molecule has 406 valence electrons. The molecule has 0 aromatic heterocycles. The van der Waals surface area contributed by atoms with Crippen molar-refractivity contribution in [1.29, 1.82) is 0 Å². The number of imide groups is 1. The van der Waals surface area contributed by atoms with Crippen LogP contribution in [-0.2, 0) is 41.7 Å². The number of nitrogens with one attached hydrogen (secondary N) is 3. The van der Waals surface area contributed by atoms with Crippen molar-refractivity contribution in [1.82, 2.24) is 20.4 Å². The summed E-state index contributed by atoms with van der Waals surface area (Å²) in [6, 6.07) is 20.1. The van der Waals surface area contributed by atoms with Gasteiger partial charge in [0, 0.05) is 54.7 Å². The molecule has 19 heteroatoms. The average molecular weight is 1050 g/mol. The molecule has 3 aliphatic heterocycles. The SMILES string of the molecule is CC[C@H](C(=O)N1CCCC[C@H]1C(=[OH+])OC(CCc1ccc(OC)c(OC)c1)c1cccc(OCC(=O)CNCCCCC(=O)Nc2cccc3c2CN(C2CCC(=O)NC2=O)C3=O)c1)c1cc(OC)c(OC)c(OC)c1. The van der Waals surface area contributed by atoms with Crippen LogP contribution in [-0.4, -0.2) is 130 Å². The summed E-state index contributed by atoms with van der Waals surface area (Å²) in [5.74, 6) is 0.303. The molecule has 3 aliphatic rings. The Bertz CT molecular complexity index is 2740.